The summed E-state index contributed by atoms with van der Waals surface area (Å²) in [6.07, 6.45) is 5.37. The van der Waals surface area contributed by atoms with E-state index in [4.69, 9.17) is 11.6 Å². The first-order chi connectivity index (χ1) is 7.77. The van der Waals surface area contributed by atoms with Crippen LogP contribution in [0.5, 0.6) is 0 Å². The Kier molecular flexibility index (Phi) is 6.20. The summed E-state index contributed by atoms with van der Waals surface area (Å²) in [7, 11) is 0. The minimum Gasteiger partial charge on any atom is -0.310 e. The van der Waals surface area contributed by atoms with Crippen molar-refractivity contribution in [2.45, 2.75) is 32.2 Å². The molecule has 0 saturated heterocycles. The molecule has 1 aromatic rings. The van der Waals surface area contributed by atoms with E-state index in [1.165, 1.54) is 12.0 Å². The Balaban J connectivity index is 2.60. The van der Waals surface area contributed by atoms with Crippen LogP contribution >= 0.6 is 11.6 Å². The van der Waals surface area contributed by atoms with Gasteiger partial charge >= 0.3 is 0 Å². The Bertz CT molecular complexity index is 305. The molecule has 1 N–H and O–H groups in total. The zero-order chi connectivity index (χ0) is 11.8. The number of hydrogen-bond acceptors (Lipinski definition) is 1. The Labute approximate surface area is 104 Å². The third-order valence-electron chi connectivity index (χ3n) is 2.62. The summed E-state index contributed by atoms with van der Waals surface area (Å²) >= 11 is 5.89. The fourth-order valence-electron chi connectivity index (χ4n) is 1.79. The van der Waals surface area contributed by atoms with Crippen molar-refractivity contribution >= 4 is 11.6 Å². The molecule has 1 rings (SSSR count). The van der Waals surface area contributed by atoms with Crippen LogP contribution < -0.4 is 5.32 Å². The summed E-state index contributed by atoms with van der Waals surface area (Å²) in [4.78, 5) is 0. The molecule has 0 saturated carbocycles. The molecule has 88 valence electrons. The summed E-state index contributed by atoms with van der Waals surface area (Å²) in [5, 5.41) is 4.30. The van der Waals surface area contributed by atoms with Crippen molar-refractivity contribution in [1.82, 2.24) is 5.32 Å². The van der Waals surface area contributed by atoms with E-state index in [0.717, 1.165) is 24.4 Å². The first-order valence-corrected chi connectivity index (χ1v) is 6.25. The van der Waals surface area contributed by atoms with Crippen LogP contribution in [0.25, 0.3) is 0 Å². The van der Waals surface area contributed by atoms with Gasteiger partial charge in [0, 0.05) is 11.1 Å². The molecule has 0 aliphatic carbocycles. The number of benzene rings is 1. The zero-order valence-electron chi connectivity index (χ0n) is 9.88. The Morgan fingerprint density at radius 3 is 2.62 bits per heavy atom. The first-order valence-electron chi connectivity index (χ1n) is 5.87. The van der Waals surface area contributed by atoms with E-state index in [1.807, 2.05) is 18.2 Å². The van der Waals surface area contributed by atoms with Gasteiger partial charge in [0.1, 0.15) is 0 Å². The number of unbranched alkanes of at least 4 members (excludes halogenated alkanes) is 1. The van der Waals surface area contributed by atoms with E-state index in [0.29, 0.717) is 6.04 Å². The number of hydrogen-bond donors (Lipinski definition) is 1. The van der Waals surface area contributed by atoms with Gasteiger partial charge in [-0.25, -0.2) is 0 Å². The molecule has 0 radical (unpaired) electrons. The van der Waals surface area contributed by atoms with E-state index in [2.05, 4.69) is 31.0 Å². The van der Waals surface area contributed by atoms with Gasteiger partial charge in [0.05, 0.1) is 0 Å². The van der Waals surface area contributed by atoms with Gasteiger partial charge in [0.25, 0.3) is 0 Å². The van der Waals surface area contributed by atoms with Crippen LogP contribution in [0.1, 0.15) is 37.8 Å². The van der Waals surface area contributed by atoms with Gasteiger partial charge in [0.2, 0.25) is 0 Å². The minimum absolute atomic E-state index is 0.433. The van der Waals surface area contributed by atoms with Gasteiger partial charge in [-0.15, -0.1) is 6.58 Å². The number of nitrogens with one attached hydrogen (secondary N) is 1. The molecule has 0 fully saturated rings. The topological polar surface area (TPSA) is 12.0 Å². The summed E-state index contributed by atoms with van der Waals surface area (Å²) in [5.74, 6) is 0. The zero-order valence-corrected chi connectivity index (χ0v) is 10.6. The molecular weight excluding hydrogens is 218 g/mol. The molecule has 0 amide bonds. The van der Waals surface area contributed by atoms with E-state index in [9.17, 15) is 0 Å². The highest BCUT2D eigenvalue weighted by atomic mass is 35.5. The lowest BCUT2D eigenvalue weighted by atomic mass is 10.0. The Morgan fingerprint density at radius 1 is 1.38 bits per heavy atom. The summed E-state index contributed by atoms with van der Waals surface area (Å²) in [6, 6.07) is 8.54. The van der Waals surface area contributed by atoms with Crippen LogP contribution in [-0.4, -0.2) is 6.54 Å². The SMILES string of the molecule is C=CCCCC(NCC)c1ccc(Cl)cc1. The maximum absolute atomic E-state index is 5.89. The van der Waals surface area contributed by atoms with Crippen LogP contribution in [0, 0.1) is 0 Å². The summed E-state index contributed by atoms with van der Waals surface area (Å²) in [6.45, 7) is 6.87. The smallest absolute Gasteiger partial charge is 0.0406 e. The van der Waals surface area contributed by atoms with Crippen molar-refractivity contribution in [3.63, 3.8) is 0 Å². The molecule has 0 aliphatic heterocycles. The fourth-order valence-corrected chi connectivity index (χ4v) is 1.92. The average molecular weight is 238 g/mol. The maximum Gasteiger partial charge on any atom is 0.0406 e. The predicted molar refractivity (Wildman–Crippen MR) is 71.9 cm³/mol. The first kappa shape index (κ1) is 13.3. The number of rotatable bonds is 7. The van der Waals surface area contributed by atoms with Gasteiger partial charge in [0.15, 0.2) is 0 Å². The van der Waals surface area contributed by atoms with E-state index in [1.54, 1.807) is 0 Å². The van der Waals surface area contributed by atoms with Crippen molar-refractivity contribution in [3.05, 3.63) is 47.5 Å². The number of allylic oxidation sites excluding steroid dienone is 1. The average Bonchev–Trinajstić information content (AvgIpc) is 2.29. The van der Waals surface area contributed by atoms with Crippen LogP contribution in [0.3, 0.4) is 0 Å². The van der Waals surface area contributed by atoms with Crippen LogP contribution in [0.4, 0.5) is 0 Å². The van der Waals surface area contributed by atoms with Gasteiger partial charge in [-0.05, 0) is 43.5 Å². The molecule has 2 heteroatoms. The third kappa shape index (κ3) is 4.38. The highest BCUT2D eigenvalue weighted by Crippen LogP contribution is 2.21. The van der Waals surface area contributed by atoms with Crippen molar-refractivity contribution in [3.8, 4) is 0 Å². The lowest BCUT2D eigenvalue weighted by Crippen LogP contribution is -2.20. The third-order valence-corrected chi connectivity index (χ3v) is 2.88. The van der Waals surface area contributed by atoms with E-state index < -0.39 is 0 Å². The van der Waals surface area contributed by atoms with Gasteiger partial charge < -0.3 is 5.32 Å². The minimum atomic E-state index is 0.433. The molecule has 0 spiro atoms. The van der Waals surface area contributed by atoms with Crippen LogP contribution in [0.2, 0.25) is 5.02 Å². The highest BCUT2D eigenvalue weighted by molar-refractivity contribution is 6.30. The van der Waals surface area contributed by atoms with Gasteiger partial charge in [-0.3, -0.25) is 0 Å². The second-order valence-corrected chi connectivity index (χ2v) is 4.32. The molecule has 0 bridgehead atoms. The second kappa shape index (κ2) is 7.48. The van der Waals surface area contributed by atoms with Crippen LogP contribution in [0.15, 0.2) is 36.9 Å². The normalized spacial score (nSPS) is 12.4. The summed E-state index contributed by atoms with van der Waals surface area (Å²) < 4.78 is 0. The molecule has 0 aliphatic rings. The Morgan fingerprint density at radius 2 is 2.06 bits per heavy atom. The quantitative estimate of drug-likeness (QED) is 0.549. The molecule has 0 heterocycles. The van der Waals surface area contributed by atoms with E-state index in [-0.39, 0.29) is 0 Å². The largest absolute Gasteiger partial charge is 0.310 e. The molecule has 1 unspecified atom stereocenters. The fraction of sp³-hybridized carbons (Fsp3) is 0.429. The molecule has 16 heavy (non-hydrogen) atoms. The maximum atomic E-state index is 5.89. The molecule has 0 aromatic heterocycles. The molecular formula is C14H20ClN. The lowest BCUT2D eigenvalue weighted by Gasteiger charge is -2.18. The van der Waals surface area contributed by atoms with Gasteiger partial charge in [-0.1, -0.05) is 36.7 Å². The number of halogens is 1. The van der Waals surface area contributed by atoms with Crippen molar-refractivity contribution < 1.29 is 0 Å². The summed E-state index contributed by atoms with van der Waals surface area (Å²) in [5.41, 5.74) is 1.32. The van der Waals surface area contributed by atoms with Crippen molar-refractivity contribution in [2.75, 3.05) is 6.54 Å². The van der Waals surface area contributed by atoms with E-state index >= 15 is 0 Å². The van der Waals surface area contributed by atoms with Crippen molar-refractivity contribution in [1.29, 1.82) is 0 Å². The molecule has 1 atom stereocenters. The second-order valence-electron chi connectivity index (χ2n) is 3.88. The lowest BCUT2D eigenvalue weighted by molar-refractivity contribution is 0.500. The van der Waals surface area contributed by atoms with Crippen molar-refractivity contribution in [2.24, 2.45) is 0 Å². The molecule has 1 aromatic carbocycles. The standard InChI is InChI=1S/C14H20ClN/c1-3-5-6-7-14(16-4-2)12-8-10-13(15)11-9-12/h3,8-11,14,16H,1,4-7H2,2H3. The monoisotopic (exact) mass is 237 g/mol. The predicted octanol–water partition coefficient (Wildman–Crippen LogP) is 4.35. The molecule has 1 nitrogen and oxygen atoms in total. The van der Waals surface area contributed by atoms with Crippen LogP contribution in [-0.2, 0) is 0 Å². The highest BCUT2D eigenvalue weighted by Gasteiger charge is 2.08. The van der Waals surface area contributed by atoms with Gasteiger partial charge in [-0.2, -0.15) is 0 Å². The Hall–Kier alpha value is -0.790.